The van der Waals surface area contributed by atoms with E-state index in [-0.39, 0.29) is 0 Å². The lowest BCUT2D eigenvalue weighted by molar-refractivity contribution is 0.263. The SMILES string of the molecule is O/N=C/c1ccc(OCc2ccccc2)c(OCCc2ccccc2)c1. The molecule has 0 aliphatic carbocycles. The van der Waals surface area contributed by atoms with E-state index in [0.717, 1.165) is 17.5 Å². The number of benzene rings is 3. The smallest absolute Gasteiger partial charge is 0.161 e. The van der Waals surface area contributed by atoms with E-state index >= 15 is 0 Å². The van der Waals surface area contributed by atoms with Crippen LogP contribution in [0.4, 0.5) is 0 Å². The second-order valence-electron chi connectivity index (χ2n) is 5.81. The molecule has 132 valence electrons. The lowest BCUT2D eigenvalue weighted by Crippen LogP contribution is -2.04. The predicted octanol–water partition coefficient (Wildman–Crippen LogP) is 4.70. The van der Waals surface area contributed by atoms with Gasteiger partial charge in [0.2, 0.25) is 0 Å². The number of rotatable bonds is 8. The molecule has 0 bridgehead atoms. The molecule has 4 nitrogen and oxygen atoms in total. The highest BCUT2D eigenvalue weighted by Gasteiger charge is 2.07. The minimum atomic E-state index is 0.462. The van der Waals surface area contributed by atoms with Gasteiger partial charge in [-0.3, -0.25) is 0 Å². The molecule has 3 aromatic carbocycles. The molecule has 0 aliphatic heterocycles. The summed E-state index contributed by atoms with van der Waals surface area (Å²) in [4.78, 5) is 0. The van der Waals surface area contributed by atoms with Crippen molar-refractivity contribution in [1.29, 1.82) is 0 Å². The molecule has 0 saturated carbocycles. The first-order valence-corrected chi connectivity index (χ1v) is 8.50. The van der Waals surface area contributed by atoms with Gasteiger partial charge in [0.05, 0.1) is 12.8 Å². The molecule has 0 amide bonds. The Labute approximate surface area is 153 Å². The lowest BCUT2D eigenvalue weighted by atomic mass is 10.2. The van der Waals surface area contributed by atoms with E-state index in [4.69, 9.17) is 14.7 Å². The molecule has 0 aromatic heterocycles. The second-order valence-corrected chi connectivity index (χ2v) is 5.81. The average Bonchev–Trinajstić information content (AvgIpc) is 2.69. The second kappa shape index (κ2) is 9.28. The molecule has 0 fully saturated rings. The molecule has 0 heterocycles. The number of nitrogens with zero attached hydrogens (tertiary/aromatic N) is 1. The van der Waals surface area contributed by atoms with Gasteiger partial charge in [0.1, 0.15) is 6.61 Å². The van der Waals surface area contributed by atoms with Gasteiger partial charge in [0, 0.05) is 12.0 Å². The highest BCUT2D eigenvalue weighted by atomic mass is 16.5. The van der Waals surface area contributed by atoms with Crippen LogP contribution in [0.2, 0.25) is 0 Å². The Hall–Kier alpha value is -3.27. The number of oxime groups is 1. The van der Waals surface area contributed by atoms with Crippen molar-refractivity contribution in [2.45, 2.75) is 13.0 Å². The first-order valence-electron chi connectivity index (χ1n) is 8.50. The predicted molar refractivity (Wildman–Crippen MR) is 102 cm³/mol. The summed E-state index contributed by atoms with van der Waals surface area (Å²) >= 11 is 0. The summed E-state index contributed by atoms with van der Waals surface area (Å²) in [7, 11) is 0. The van der Waals surface area contributed by atoms with Crippen molar-refractivity contribution < 1.29 is 14.7 Å². The monoisotopic (exact) mass is 347 g/mol. The van der Waals surface area contributed by atoms with E-state index in [2.05, 4.69) is 17.3 Å². The fourth-order valence-corrected chi connectivity index (χ4v) is 2.56. The first-order chi connectivity index (χ1) is 12.8. The topological polar surface area (TPSA) is 51.1 Å². The molecule has 3 aromatic rings. The molecule has 0 unspecified atom stereocenters. The van der Waals surface area contributed by atoms with Crippen LogP contribution >= 0.6 is 0 Å². The summed E-state index contributed by atoms with van der Waals surface area (Å²) < 4.78 is 11.9. The normalized spacial score (nSPS) is 10.8. The van der Waals surface area contributed by atoms with Gasteiger partial charge < -0.3 is 14.7 Å². The average molecular weight is 347 g/mol. The zero-order valence-corrected chi connectivity index (χ0v) is 14.4. The van der Waals surface area contributed by atoms with Gasteiger partial charge in [0.15, 0.2) is 11.5 Å². The minimum Gasteiger partial charge on any atom is -0.489 e. The van der Waals surface area contributed by atoms with Crippen molar-refractivity contribution in [3.8, 4) is 11.5 Å². The Morgan fingerprint density at radius 2 is 1.46 bits per heavy atom. The van der Waals surface area contributed by atoms with Crippen molar-refractivity contribution in [3.63, 3.8) is 0 Å². The minimum absolute atomic E-state index is 0.462. The Bertz CT molecular complexity index is 833. The Balaban J connectivity index is 1.68. The standard InChI is InChI=1S/C22H21NO3/c24-23-16-20-11-12-21(26-17-19-9-5-2-6-10-19)22(15-20)25-14-13-18-7-3-1-4-8-18/h1-12,15-16,24H,13-14,17H2/b23-16+. The summed E-state index contributed by atoms with van der Waals surface area (Å²) in [6.45, 7) is 0.995. The van der Waals surface area contributed by atoms with Crippen LogP contribution in [0.15, 0.2) is 84.0 Å². The zero-order chi connectivity index (χ0) is 18.0. The quantitative estimate of drug-likeness (QED) is 0.365. The molecule has 3 rings (SSSR count). The van der Waals surface area contributed by atoms with Gasteiger partial charge in [-0.05, 0) is 29.3 Å². The summed E-state index contributed by atoms with van der Waals surface area (Å²) in [5.41, 5.74) is 3.05. The molecule has 4 heteroatoms. The van der Waals surface area contributed by atoms with Crippen LogP contribution in [0.25, 0.3) is 0 Å². The molecule has 0 aliphatic rings. The fourth-order valence-electron chi connectivity index (χ4n) is 2.56. The number of hydrogen-bond acceptors (Lipinski definition) is 4. The van der Waals surface area contributed by atoms with Crippen molar-refractivity contribution in [3.05, 3.63) is 95.6 Å². The van der Waals surface area contributed by atoms with Gasteiger partial charge in [-0.1, -0.05) is 65.8 Å². The van der Waals surface area contributed by atoms with Crippen LogP contribution in [-0.4, -0.2) is 18.0 Å². The van der Waals surface area contributed by atoms with Crippen LogP contribution < -0.4 is 9.47 Å². The van der Waals surface area contributed by atoms with Crippen molar-refractivity contribution in [1.82, 2.24) is 0 Å². The number of hydrogen-bond donors (Lipinski definition) is 1. The van der Waals surface area contributed by atoms with Crippen LogP contribution in [0, 0.1) is 0 Å². The van der Waals surface area contributed by atoms with E-state index in [1.54, 1.807) is 0 Å². The lowest BCUT2D eigenvalue weighted by Gasteiger charge is -2.14. The Kier molecular flexibility index (Phi) is 6.26. The van der Waals surface area contributed by atoms with Crippen molar-refractivity contribution in [2.24, 2.45) is 5.16 Å². The molecule has 1 N–H and O–H groups in total. The van der Waals surface area contributed by atoms with Gasteiger partial charge in [-0.2, -0.15) is 0 Å². The van der Waals surface area contributed by atoms with Crippen LogP contribution in [0.1, 0.15) is 16.7 Å². The summed E-state index contributed by atoms with van der Waals surface area (Å²) in [5.74, 6) is 1.30. The Morgan fingerprint density at radius 1 is 0.769 bits per heavy atom. The van der Waals surface area contributed by atoms with Gasteiger partial charge >= 0.3 is 0 Å². The highest BCUT2D eigenvalue weighted by molar-refractivity contribution is 5.80. The fraction of sp³-hybridized carbons (Fsp3) is 0.136. The van der Waals surface area contributed by atoms with Crippen molar-refractivity contribution >= 4 is 6.21 Å². The number of ether oxygens (including phenoxy) is 2. The molecule has 26 heavy (non-hydrogen) atoms. The zero-order valence-electron chi connectivity index (χ0n) is 14.4. The molecular weight excluding hydrogens is 326 g/mol. The third-order valence-electron chi connectivity index (χ3n) is 3.90. The summed E-state index contributed by atoms with van der Waals surface area (Å²) in [6.07, 6.45) is 2.17. The highest BCUT2D eigenvalue weighted by Crippen LogP contribution is 2.29. The molecule has 0 saturated heterocycles. The molecule has 0 spiro atoms. The summed E-state index contributed by atoms with van der Waals surface area (Å²) in [6, 6.07) is 25.6. The molecule has 0 atom stereocenters. The van der Waals surface area contributed by atoms with Gasteiger partial charge in [-0.15, -0.1) is 0 Å². The van der Waals surface area contributed by atoms with Crippen LogP contribution in [0.3, 0.4) is 0 Å². The van der Waals surface area contributed by atoms with E-state index in [1.165, 1.54) is 11.8 Å². The molecule has 0 radical (unpaired) electrons. The third-order valence-corrected chi connectivity index (χ3v) is 3.90. The van der Waals surface area contributed by atoms with Gasteiger partial charge in [0.25, 0.3) is 0 Å². The van der Waals surface area contributed by atoms with E-state index in [1.807, 2.05) is 66.7 Å². The summed E-state index contributed by atoms with van der Waals surface area (Å²) in [5, 5.41) is 11.8. The van der Waals surface area contributed by atoms with Crippen molar-refractivity contribution in [2.75, 3.05) is 6.61 Å². The van der Waals surface area contributed by atoms with E-state index in [9.17, 15) is 0 Å². The third kappa shape index (κ3) is 5.11. The van der Waals surface area contributed by atoms with E-state index < -0.39 is 0 Å². The Morgan fingerprint density at radius 3 is 2.15 bits per heavy atom. The maximum atomic E-state index is 8.75. The van der Waals surface area contributed by atoms with Gasteiger partial charge in [-0.25, -0.2) is 0 Å². The maximum absolute atomic E-state index is 8.75. The van der Waals surface area contributed by atoms with E-state index in [0.29, 0.717) is 24.7 Å². The van der Waals surface area contributed by atoms with Crippen LogP contribution in [-0.2, 0) is 13.0 Å². The molecular formula is C22H21NO3. The largest absolute Gasteiger partial charge is 0.489 e. The van der Waals surface area contributed by atoms with Crippen LogP contribution in [0.5, 0.6) is 11.5 Å². The first kappa shape index (κ1) is 17.5. The maximum Gasteiger partial charge on any atom is 0.161 e.